The van der Waals surface area contributed by atoms with Gasteiger partial charge in [-0.05, 0) is 55.3 Å². The average Bonchev–Trinajstić information content (AvgIpc) is 2.66. The quantitative estimate of drug-likeness (QED) is 0.546. The average molecular weight is 354 g/mol. The maximum atomic E-state index is 13.3. The van der Waals surface area contributed by atoms with Crippen molar-refractivity contribution in [3.05, 3.63) is 35.9 Å². The standard InChI is InChI=1S/C23H30O3/c1-3-14(2)13-26-23(25)21-18-10-15-9-17(12-18)20(19(21)11-15)22(24)16-7-5-4-6-8-16/h4-8,14-15,17-21H,3,9-13H2,1-2H3/t14-,15+,17-,18+,19-,20+,21-/m0/s1. The van der Waals surface area contributed by atoms with Crippen molar-refractivity contribution in [2.75, 3.05) is 6.61 Å². The second kappa shape index (κ2) is 7.17. The third kappa shape index (κ3) is 3.10. The molecule has 4 saturated carbocycles. The minimum atomic E-state index is -0.0653. The number of carbonyl (C=O) groups excluding carboxylic acids is 2. The van der Waals surface area contributed by atoms with Gasteiger partial charge in [-0.3, -0.25) is 9.59 Å². The monoisotopic (exact) mass is 354 g/mol. The highest BCUT2D eigenvalue weighted by molar-refractivity contribution is 5.98. The number of hydrogen-bond donors (Lipinski definition) is 0. The van der Waals surface area contributed by atoms with Gasteiger partial charge in [0.1, 0.15) is 0 Å². The molecule has 1 aromatic rings. The van der Waals surface area contributed by atoms with Crippen molar-refractivity contribution < 1.29 is 14.3 Å². The van der Waals surface area contributed by atoms with Crippen LogP contribution in [-0.4, -0.2) is 18.4 Å². The van der Waals surface area contributed by atoms with Crippen molar-refractivity contribution in [3.8, 4) is 0 Å². The van der Waals surface area contributed by atoms with E-state index in [2.05, 4.69) is 13.8 Å². The molecule has 4 bridgehead atoms. The minimum Gasteiger partial charge on any atom is -0.465 e. The summed E-state index contributed by atoms with van der Waals surface area (Å²) in [5, 5.41) is 0. The van der Waals surface area contributed by atoms with Crippen LogP contribution in [0.3, 0.4) is 0 Å². The van der Waals surface area contributed by atoms with Gasteiger partial charge in [0.05, 0.1) is 12.5 Å². The number of hydrogen-bond acceptors (Lipinski definition) is 3. The molecule has 4 aliphatic carbocycles. The summed E-state index contributed by atoms with van der Waals surface area (Å²) in [5.74, 6) is 2.34. The van der Waals surface area contributed by atoms with Crippen molar-refractivity contribution in [2.24, 2.45) is 41.4 Å². The van der Waals surface area contributed by atoms with Crippen LogP contribution in [0.2, 0.25) is 0 Å². The van der Waals surface area contributed by atoms with Crippen molar-refractivity contribution in [1.82, 2.24) is 0 Å². The SMILES string of the molecule is CC[C@H](C)COC(=O)[C@H]1[C@@H]2C[C@H]3C[C@@H](C2)[C@@H](C(=O)c2ccccc2)[C@@H]1C3. The van der Waals surface area contributed by atoms with E-state index in [1.54, 1.807) is 0 Å². The fourth-order valence-electron chi connectivity index (χ4n) is 5.92. The van der Waals surface area contributed by atoms with Crippen LogP contribution in [0.1, 0.15) is 56.3 Å². The van der Waals surface area contributed by atoms with Gasteiger partial charge in [-0.25, -0.2) is 0 Å². The lowest BCUT2D eigenvalue weighted by molar-refractivity contribution is -0.167. The normalized spacial score (nSPS) is 35.9. The topological polar surface area (TPSA) is 43.4 Å². The second-order valence-corrected chi connectivity index (χ2v) is 8.92. The lowest BCUT2D eigenvalue weighted by Crippen LogP contribution is -2.55. The molecule has 0 N–H and O–H groups in total. The van der Waals surface area contributed by atoms with Gasteiger partial charge in [-0.2, -0.15) is 0 Å². The van der Waals surface area contributed by atoms with E-state index in [4.69, 9.17) is 4.74 Å². The number of Topliss-reactive ketones (excluding diaryl/α,β-unsaturated/α-hetero) is 1. The van der Waals surface area contributed by atoms with Crippen LogP contribution in [0, 0.1) is 41.4 Å². The van der Waals surface area contributed by atoms with Crippen LogP contribution in [0.4, 0.5) is 0 Å². The molecule has 0 aliphatic heterocycles. The molecule has 0 saturated heterocycles. The summed E-state index contributed by atoms with van der Waals surface area (Å²) >= 11 is 0. The number of ether oxygens (including phenoxy) is 1. The number of carbonyl (C=O) groups is 2. The number of ketones is 1. The fourth-order valence-corrected chi connectivity index (χ4v) is 5.92. The molecule has 0 spiro atoms. The first kappa shape index (κ1) is 17.8. The van der Waals surface area contributed by atoms with E-state index in [0.717, 1.165) is 31.2 Å². The first-order chi connectivity index (χ1) is 12.6. The molecule has 0 aromatic heterocycles. The fraction of sp³-hybridized carbons (Fsp3) is 0.652. The van der Waals surface area contributed by atoms with Gasteiger partial charge in [-0.1, -0.05) is 50.6 Å². The van der Waals surface area contributed by atoms with Crippen molar-refractivity contribution in [1.29, 1.82) is 0 Å². The zero-order valence-electron chi connectivity index (χ0n) is 15.9. The Bertz CT molecular complexity index is 667. The molecule has 26 heavy (non-hydrogen) atoms. The predicted octanol–water partition coefficient (Wildman–Crippen LogP) is 4.76. The van der Waals surface area contributed by atoms with E-state index in [1.165, 1.54) is 6.42 Å². The molecule has 0 unspecified atom stereocenters. The van der Waals surface area contributed by atoms with E-state index in [0.29, 0.717) is 30.3 Å². The van der Waals surface area contributed by atoms with Gasteiger partial charge in [0.2, 0.25) is 0 Å². The third-order valence-electron chi connectivity index (χ3n) is 7.26. The minimum absolute atomic E-state index is 0.00588. The van der Waals surface area contributed by atoms with E-state index >= 15 is 0 Å². The molecule has 4 fully saturated rings. The third-order valence-corrected chi connectivity index (χ3v) is 7.26. The molecule has 7 atom stereocenters. The van der Waals surface area contributed by atoms with Crippen LogP contribution in [0.25, 0.3) is 0 Å². The number of rotatable bonds is 6. The first-order valence-corrected chi connectivity index (χ1v) is 10.3. The smallest absolute Gasteiger partial charge is 0.309 e. The van der Waals surface area contributed by atoms with Gasteiger partial charge in [0, 0.05) is 11.5 Å². The molecule has 0 amide bonds. The molecule has 0 radical (unpaired) electrons. The highest BCUT2D eigenvalue weighted by Crippen LogP contribution is 2.60. The summed E-state index contributed by atoms with van der Waals surface area (Å²) in [6, 6.07) is 9.65. The van der Waals surface area contributed by atoms with Crippen LogP contribution in [-0.2, 0) is 9.53 Å². The Hall–Kier alpha value is -1.64. The van der Waals surface area contributed by atoms with Crippen molar-refractivity contribution in [2.45, 2.75) is 46.0 Å². The number of esters is 1. The summed E-state index contributed by atoms with van der Waals surface area (Å²) in [6.07, 6.45) is 5.40. The largest absolute Gasteiger partial charge is 0.465 e. The van der Waals surface area contributed by atoms with Crippen LogP contribution in [0.5, 0.6) is 0 Å². The molecule has 5 rings (SSSR count). The Morgan fingerprint density at radius 1 is 1.04 bits per heavy atom. The van der Waals surface area contributed by atoms with Gasteiger partial charge in [0.15, 0.2) is 5.78 Å². The summed E-state index contributed by atoms with van der Waals surface area (Å²) < 4.78 is 5.70. The summed E-state index contributed by atoms with van der Waals surface area (Å²) in [4.78, 5) is 26.2. The lowest BCUT2D eigenvalue weighted by atomic mass is 9.47. The molecular formula is C23H30O3. The van der Waals surface area contributed by atoms with E-state index in [-0.39, 0.29) is 29.5 Å². The summed E-state index contributed by atoms with van der Waals surface area (Å²) in [6.45, 7) is 4.75. The van der Waals surface area contributed by atoms with Crippen molar-refractivity contribution >= 4 is 11.8 Å². The highest BCUT2D eigenvalue weighted by Gasteiger charge is 2.58. The van der Waals surface area contributed by atoms with Gasteiger partial charge in [0.25, 0.3) is 0 Å². The number of benzene rings is 1. The van der Waals surface area contributed by atoms with Crippen LogP contribution in [0.15, 0.2) is 30.3 Å². The Kier molecular flexibility index (Phi) is 4.90. The molecular weight excluding hydrogens is 324 g/mol. The van der Waals surface area contributed by atoms with Gasteiger partial charge < -0.3 is 4.74 Å². The zero-order chi connectivity index (χ0) is 18.3. The molecule has 1 aromatic carbocycles. The molecule has 3 heteroatoms. The summed E-state index contributed by atoms with van der Waals surface area (Å²) in [7, 11) is 0. The second-order valence-electron chi connectivity index (χ2n) is 8.92. The van der Waals surface area contributed by atoms with Gasteiger partial charge in [-0.15, -0.1) is 0 Å². The van der Waals surface area contributed by atoms with Crippen LogP contribution >= 0.6 is 0 Å². The van der Waals surface area contributed by atoms with E-state index in [9.17, 15) is 9.59 Å². The Morgan fingerprint density at radius 2 is 1.73 bits per heavy atom. The lowest BCUT2D eigenvalue weighted by Gasteiger charge is -2.56. The van der Waals surface area contributed by atoms with E-state index < -0.39 is 0 Å². The first-order valence-electron chi connectivity index (χ1n) is 10.3. The Balaban J connectivity index is 1.55. The Morgan fingerprint density at radius 3 is 2.42 bits per heavy atom. The maximum Gasteiger partial charge on any atom is 0.309 e. The molecule has 4 aliphatic rings. The zero-order valence-corrected chi connectivity index (χ0v) is 15.9. The summed E-state index contributed by atoms with van der Waals surface area (Å²) in [5.41, 5.74) is 0.802. The molecule has 0 heterocycles. The molecule has 140 valence electrons. The Labute approximate surface area is 156 Å². The van der Waals surface area contributed by atoms with E-state index in [1.807, 2.05) is 30.3 Å². The maximum absolute atomic E-state index is 13.3. The highest BCUT2D eigenvalue weighted by atomic mass is 16.5. The van der Waals surface area contributed by atoms with Gasteiger partial charge >= 0.3 is 5.97 Å². The molecule has 3 nitrogen and oxygen atoms in total. The van der Waals surface area contributed by atoms with Crippen LogP contribution < -0.4 is 0 Å². The predicted molar refractivity (Wildman–Crippen MR) is 101 cm³/mol. The van der Waals surface area contributed by atoms with Crippen molar-refractivity contribution in [3.63, 3.8) is 0 Å².